The van der Waals surface area contributed by atoms with Crippen molar-refractivity contribution in [3.05, 3.63) is 41.7 Å². The van der Waals surface area contributed by atoms with Gasteiger partial charge in [0.1, 0.15) is 5.56 Å². The Morgan fingerprint density at radius 2 is 2.11 bits per heavy atom. The Labute approximate surface area is 158 Å². The highest BCUT2D eigenvalue weighted by atomic mass is 19.4. The fraction of sp³-hybridized carbons (Fsp3) is 0.389. The molecule has 10 heteroatoms. The molecule has 1 aromatic heterocycles. The van der Waals surface area contributed by atoms with Crippen LogP contribution in [0.1, 0.15) is 35.8 Å². The van der Waals surface area contributed by atoms with E-state index in [-0.39, 0.29) is 23.9 Å². The number of carbonyl (C=O) groups is 2. The van der Waals surface area contributed by atoms with E-state index < -0.39 is 28.8 Å². The Kier molecular flexibility index (Phi) is 5.16. The first kappa shape index (κ1) is 19.9. The van der Waals surface area contributed by atoms with E-state index in [1.165, 1.54) is 24.3 Å². The Morgan fingerprint density at radius 1 is 1.36 bits per heavy atom. The minimum Gasteiger partial charge on any atom is -0.478 e. The second-order valence-corrected chi connectivity index (χ2v) is 6.84. The molecule has 0 bridgehead atoms. The minimum absolute atomic E-state index is 0.0253. The molecular weight excluding hydrogens is 379 g/mol. The molecule has 1 saturated heterocycles. The van der Waals surface area contributed by atoms with Gasteiger partial charge in [-0.05, 0) is 38.0 Å². The number of nitrogens with one attached hydrogen (secondary N) is 1. The summed E-state index contributed by atoms with van der Waals surface area (Å²) in [4.78, 5) is 23.7. The van der Waals surface area contributed by atoms with Gasteiger partial charge >= 0.3 is 12.1 Å². The summed E-state index contributed by atoms with van der Waals surface area (Å²) in [6.45, 7) is 2.61. The molecule has 1 atom stereocenters. The van der Waals surface area contributed by atoms with Gasteiger partial charge in [-0.2, -0.15) is 18.3 Å². The third-order valence-corrected chi connectivity index (χ3v) is 4.60. The number of hydrogen-bond donors (Lipinski definition) is 2. The van der Waals surface area contributed by atoms with Crippen molar-refractivity contribution in [2.75, 3.05) is 18.5 Å². The lowest BCUT2D eigenvalue weighted by atomic mass is 9.84. The van der Waals surface area contributed by atoms with Crippen LogP contribution in [0.5, 0.6) is 0 Å². The second-order valence-electron chi connectivity index (χ2n) is 6.84. The molecule has 1 fully saturated rings. The van der Waals surface area contributed by atoms with Gasteiger partial charge in [0.2, 0.25) is 5.91 Å². The number of hydrogen-bond acceptors (Lipinski definition) is 4. The Hall–Kier alpha value is -2.88. The summed E-state index contributed by atoms with van der Waals surface area (Å²) in [5, 5.41) is 15.3. The number of halogens is 3. The number of alkyl halides is 3. The van der Waals surface area contributed by atoms with Crippen molar-refractivity contribution in [3.8, 4) is 5.69 Å². The topological polar surface area (TPSA) is 93.5 Å². The Balaban J connectivity index is 1.92. The van der Waals surface area contributed by atoms with Crippen LogP contribution in [-0.4, -0.2) is 40.0 Å². The molecule has 0 aliphatic carbocycles. The molecule has 2 aromatic rings. The van der Waals surface area contributed by atoms with Crippen LogP contribution in [0, 0.1) is 5.41 Å². The fourth-order valence-corrected chi connectivity index (χ4v) is 3.08. The molecule has 2 heterocycles. The molecule has 0 spiro atoms. The van der Waals surface area contributed by atoms with Crippen LogP contribution in [0.3, 0.4) is 0 Å². The van der Waals surface area contributed by atoms with Crippen LogP contribution >= 0.6 is 0 Å². The lowest BCUT2D eigenvalue weighted by Gasteiger charge is -2.31. The third kappa shape index (κ3) is 3.86. The average Bonchev–Trinajstić information content (AvgIpc) is 3.08. The number of benzene rings is 1. The van der Waals surface area contributed by atoms with Gasteiger partial charge in [0.15, 0.2) is 5.69 Å². The van der Waals surface area contributed by atoms with Gasteiger partial charge < -0.3 is 15.2 Å². The predicted molar refractivity (Wildman–Crippen MR) is 92.3 cm³/mol. The smallest absolute Gasteiger partial charge is 0.434 e. The van der Waals surface area contributed by atoms with E-state index in [2.05, 4.69) is 10.4 Å². The first-order chi connectivity index (χ1) is 13.1. The van der Waals surface area contributed by atoms with Crippen molar-refractivity contribution in [2.24, 2.45) is 5.41 Å². The number of carboxylic acid groups (broad SMARTS) is 1. The largest absolute Gasteiger partial charge is 0.478 e. The van der Waals surface area contributed by atoms with E-state index in [4.69, 9.17) is 9.84 Å². The zero-order valence-corrected chi connectivity index (χ0v) is 14.9. The summed E-state index contributed by atoms with van der Waals surface area (Å²) in [5.74, 6) is -2.03. The lowest BCUT2D eigenvalue weighted by molar-refractivity contribution is -0.143. The molecular formula is C18H18F3N3O4. The summed E-state index contributed by atoms with van der Waals surface area (Å²) < 4.78 is 46.0. The number of carbonyl (C=O) groups excluding carboxylic acids is 1. The molecule has 28 heavy (non-hydrogen) atoms. The fourth-order valence-electron chi connectivity index (χ4n) is 3.08. The van der Waals surface area contributed by atoms with Crippen LogP contribution in [-0.2, 0) is 15.7 Å². The summed E-state index contributed by atoms with van der Waals surface area (Å²) in [5.41, 5.74) is -2.82. The monoisotopic (exact) mass is 397 g/mol. The van der Waals surface area contributed by atoms with Crippen molar-refractivity contribution < 1.29 is 32.6 Å². The van der Waals surface area contributed by atoms with Gasteiger partial charge in [0, 0.05) is 12.3 Å². The molecule has 1 aromatic carbocycles. The van der Waals surface area contributed by atoms with Crippen molar-refractivity contribution in [2.45, 2.75) is 25.9 Å². The van der Waals surface area contributed by atoms with Gasteiger partial charge in [-0.15, -0.1) is 0 Å². The summed E-state index contributed by atoms with van der Waals surface area (Å²) in [7, 11) is 0. The highest BCUT2D eigenvalue weighted by Crippen LogP contribution is 2.34. The lowest BCUT2D eigenvalue weighted by Crippen LogP contribution is -2.40. The number of amides is 1. The highest BCUT2D eigenvalue weighted by Gasteiger charge is 2.41. The van der Waals surface area contributed by atoms with Crippen LogP contribution < -0.4 is 5.32 Å². The number of anilines is 1. The van der Waals surface area contributed by atoms with Crippen LogP contribution in [0.25, 0.3) is 5.69 Å². The molecule has 0 radical (unpaired) electrons. The number of carboxylic acids is 1. The first-order valence-corrected chi connectivity index (χ1v) is 8.50. The zero-order chi connectivity index (χ0) is 20.5. The van der Waals surface area contributed by atoms with E-state index in [0.29, 0.717) is 23.9 Å². The van der Waals surface area contributed by atoms with Crippen LogP contribution in [0.15, 0.2) is 30.5 Å². The molecule has 0 saturated carbocycles. The maximum atomic E-state index is 13.4. The van der Waals surface area contributed by atoms with E-state index in [9.17, 15) is 22.8 Å². The molecule has 1 unspecified atom stereocenters. The van der Waals surface area contributed by atoms with E-state index in [1.807, 2.05) is 0 Å². The van der Waals surface area contributed by atoms with Gasteiger partial charge in [-0.25, -0.2) is 9.48 Å². The first-order valence-electron chi connectivity index (χ1n) is 8.50. The Morgan fingerprint density at radius 3 is 2.71 bits per heavy atom. The molecule has 150 valence electrons. The van der Waals surface area contributed by atoms with Crippen LogP contribution in [0.4, 0.5) is 18.9 Å². The number of aromatic nitrogens is 2. The minimum atomic E-state index is -4.92. The number of rotatable bonds is 4. The molecule has 1 aliphatic rings. The maximum Gasteiger partial charge on any atom is 0.434 e. The standard InChI is InChI=1S/C18H18F3N3O4/c1-17(6-3-7-28-10-17)16(27)23-11-4-2-5-12(8-11)24-14(18(19,20)21)13(9-22-24)15(25)26/h2,4-5,8-9H,3,6-7,10H2,1H3,(H,23,27)(H,25,26). The number of nitrogens with zero attached hydrogens (tertiary/aromatic N) is 2. The van der Waals surface area contributed by atoms with Gasteiger partial charge in [0.05, 0.1) is 23.9 Å². The van der Waals surface area contributed by atoms with Crippen LogP contribution in [0.2, 0.25) is 0 Å². The highest BCUT2D eigenvalue weighted by molar-refractivity contribution is 5.95. The average molecular weight is 397 g/mol. The van der Waals surface area contributed by atoms with Crippen molar-refractivity contribution in [1.29, 1.82) is 0 Å². The van der Waals surface area contributed by atoms with Crippen molar-refractivity contribution in [3.63, 3.8) is 0 Å². The molecule has 2 N–H and O–H groups in total. The maximum absolute atomic E-state index is 13.4. The quantitative estimate of drug-likeness (QED) is 0.825. The van der Waals surface area contributed by atoms with Gasteiger partial charge in [0.25, 0.3) is 0 Å². The predicted octanol–water partition coefficient (Wildman–Crippen LogP) is 3.34. The normalized spacial score (nSPS) is 20.0. The van der Waals surface area contributed by atoms with Gasteiger partial charge in [-0.3, -0.25) is 4.79 Å². The molecule has 3 rings (SSSR count). The summed E-state index contributed by atoms with van der Waals surface area (Å²) in [6.07, 6.45) is -2.89. The van der Waals surface area contributed by atoms with E-state index >= 15 is 0 Å². The number of ether oxygens (including phenoxy) is 1. The summed E-state index contributed by atoms with van der Waals surface area (Å²) >= 11 is 0. The Bertz CT molecular complexity index is 902. The summed E-state index contributed by atoms with van der Waals surface area (Å²) in [6, 6.07) is 5.63. The van der Waals surface area contributed by atoms with Crippen molar-refractivity contribution >= 4 is 17.6 Å². The van der Waals surface area contributed by atoms with E-state index in [1.54, 1.807) is 6.92 Å². The number of aromatic carboxylic acids is 1. The second kappa shape index (κ2) is 7.27. The zero-order valence-electron chi connectivity index (χ0n) is 14.9. The molecule has 1 amide bonds. The van der Waals surface area contributed by atoms with Crippen molar-refractivity contribution in [1.82, 2.24) is 9.78 Å². The van der Waals surface area contributed by atoms with Gasteiger partial charge in [-0.1, -0.05) is 6.07 Å². The molecule has 7 nitrogen and oxygen atoms in total. The molecule has 1 aliphatic heterocycles. The van der Waals surface area contributed by atoms with E-state index in [0.717, 1.165) is 6.42 Å². The SMILES string of the molecule is CC1(C(=O)Nc2cccc(-n3ncc(C(=O)O)c3C(F)(F)F)c2)CCCOC1. The third-order valence-electron chi connectivity index (χ3n) is 4.60.